The summed E-state index contributed by atoms with van der Waals surface area (Å²) in [5.41, 5.74) is 1.30. The van der Waals surface area contributed by atoms with Gasteiger partial charge in [0.1, 0.15) is 0 Å². The molecule has 0 bridgehead atoms. The summed E-state index contributed by atoms with van der Waals surface area (Å²) in [5, 5.41) is 8.97. The number of rotatable bonds is 3. The van der Waals surface area contributed by atoms with Gasteiger partial charge in [-0.25, -0.2) is 0 Å². The van der Waals surface area contributed by atoms with Crippen LogP contribution in [0.25, 0.3) is 0 Å². The van der Waals surface area contributed by atoms with Gasteiger partial charge in [-0.2, -0.15) is 0 Å². The highest BCUT2D eigenvalue weighted by atomic mass is 16.3. The van der Waals surface area contributed by atoms with E-state index in [9.17, 15) is 0 Å². The maximum absolute atomic E-state index is 8.97. The molecule has 1 nitrogen and oxygen atoms in total. The molecule has 0 aromatic heterocycles. The standard InChI is InChI=1S/C11H16O/c1-9(8-12)10(2)11-6-4-3-5-7-11/h3-7,9-10,12H,8H2,1-2H3. The average molecular weight is 164 g/mol. The van der Waals surface area contributed by atoms with E-state index in [-0.39, 0.29) is 6.61 Å². The molecule has 2 unspecified atom stereocenters. The first kappa shape index (κ1) is 9.27. The molecule has 0 heterocycles. The summed E-state index contributed by atoms with van der Waals surface area (Å²) in [5.74, 6) is 0.781. The fraction of sp³-hybridized carbons (Fsp3) is 0.455. The molecule has 1 rings (SSSR count). The van der Waals surface area contributed by atoms with Gasteiger partial charge in [0.2, 0.25) is 0 Å². The zero-order valence-electron chi connectivity index (χ0n) is 7.70. The summed E-state index contributed by atoms with van der Waals surface area (Å²) in [7, 11) is 0. The SMILES string of the molecule is CC(CO)C(C)c1ccccc1. The van der Waals surface area contributed by atoms with Crippen molar-refractivity contribution in [1.29, 1.82) is 0 Å². The predicted molar refractivity (Wildman–Crippen MR) is 51.1 cm³/mol. The van der Waals surface area contributed by atoms with Crippen LogP contribution < -0.4 is 0 Å². The van der Waals surface area contributed by atoms with Crippen molar-refractivity contribution >= 4 is 0 Å². The quantitative estimate of drug-likeness (QED) is 0.727. The Bertz CT molecular complexity index is 218. The van der Waals surface area contributed by atoms with Gasteiger partial charge in [0.15, 0.2) is 0 Å². The molecule has 0 aliphatic heterocycles. The van der Waals surface area contributed by atoms with Crippen molar-refractivity contribution in [2.75, 3.05) is 6.61 Å². The lowest BCUT2D eigenvalue weighted by Crippen LogP contribution is -2.09. The van der Waals surface area contributed by atoms with E-state index in [1.54, 1.807) is 0 Å². The van der Waals surface area contributed by atoms with E-state index in [0.717, 1.165) is 0 Å². The van der Waals surface area contributed by atoms with Crippen LogP contribution in [0.15, 0.2) is 30.3 Å². The van der Waals surface area contributed by atoms with Crippen LogP contribution in [0.4, 0.5) is 0 Å². The van der Waals surface area contributed by atoms with Crippen molar-refractivity contribution < 1.29 is 5.11 Å². The molecule has 0 aliphatic rings. The lowest BCUT2D eigenvalue weighted by Gasteiger charge is -2.17. The third-order valence-electron chi connectivity index (χ3n) is 2.47. The predicted octanol–water partition coefficient (Wildman–Crippen LogP) is 2.42. The minimum absolute atomic E-state index is 0.260. The smallest absolute Gasteiger partial charge is 0.0462 e. The van der Waals surface area contributed by atoms with E-state index in [0.29, 0.717) is 11.8 Å². The molecule has 0 radical (unpaired) electrons. The third-order valence-corrected chi connectivity index (χ3v) is 2.47. The van der Waals surface area contributed by atoms with Gasteiger partial charge < -0.3 is 5.11 Å². The Labute approximate surface area is 74.1 Å². The maximum Gasteiger partial charge on any atom is 0.0462 e. The van der Waals surface area contributed by atoms with E-state index in [1.165, 1.54) is 5.56 Å². The van der Waals surface area contributed by atoms with Gasteiger partial charge >= 0.3 is 0 Å². The molecule has 0 saturated carbocycles. The van der Waals surface area contributed by atoms with Gasteiger partial charge in [-0.05, 0) is 17.4 Å². The van der Waals surface area contributed by atoms with Crippen molar-refractivity contribution in [3.8, 4) is 0 Å². The molecule has 66 valence electrons. The Balaban J connectivity index is 2.71. The van der Waals surface area contributed by atoms with E-state index >= 15 is 0 Å². The molecular weight excluding hydrogens is 148 g/mol. The Hall–Kier alpha value is -0.820. The minimum Gasteiger partial charge on any atom is -0.396 e. The number of aliphatic hydroxyl groups is 1. The third kappa shape index (κ3) is 2.08. The molecule has 12 heavy (non-hydrogen) atoms. The van der Waals surface area contributed by atoms with Crippen molar-refractivity contribution in [2.45, 2.75) is 19.8 Å². The highest BCUT2D eigenvalue weighted by molar-refractivity contribution is 5.19. The van der Waals surface area contributed by atoms with E-state index in [4.69, 9.17) is 5.11 Å². The molecular formula is C11H16O. The monoisotopic (exact) mass is 164 g/mol. The Morgan fingerprint density at radius 1 is 1.17 bits per heavy atom. The highest BCUT2D eigenvalue weighted by Crippen LogP contribution is 2.22. The summed E-state index contributed by atoms with van der Waals surface area (Å²) in [6.07, 6.45) is 0. The van der Waals surface area contributed by atoms with E-state index in [2.05, 4.69) is 26.0 Å². The van der Waals surface area contributed by atoms with E-state index in [1.807, 2.05) is 18.2 Å². The Morgan fingerprint density at radius 3 is 2.25 bits per heavy atom. The lowest BCUT2D eigenvalue weighted by atomic mass is 9.90. The minimum atomic E-state index is 0.260. The maximum atomic E-state index is 8.97. The summed E-state index contributed by atoms with van der Waals surface area (Å²) >= 11 is 0. The zero-order chi connectivity index (χ0) is 8.97. The van der Waals surface area contributed by atoms with Crippen LogP contribution in [-0.2, 0) is 0 Å². The second-order valence-corrected chi connectivity index (χ2v) is 3.36. The summed E-state index contributed by atoms with van der Waals surface area (Å²) < 4.78 is 0. The van der Waals surface area contributed by atoms with Crippen molar-refractivity contribution in [1.82, 2.24) is 0 Å². The second-order valence-electron chi connectivity index (χ2n) is 3.36. The number of hydrogen-bond donors (Lipinski definition) is 1. The lowest BCUT2D eigenvalue weighted by molar-refractivity contribution is 0.220. The Kier molecular flexibility index (Phi) is 3.30. The van der Waals surface area contributed by atoms with Crippen LogP contribution in [-0.4, -0.2) is 11.7 Å². The molecule has 0 saturated heterocycles. The largest absolute Gasteiger partial charge is 0.396 e. The first-order chi connectivity index (χ1) is 5.75. The zero-order valence-corrected chi connectivity index (χ0v) is 7.70. The summed E-state index contributed by atoms with van der Waals surface area (Å²) in [6, 6.07) is 10.3. The summed E-state index contributed by atoms with van der Waals surface area (Å²) in [6.45, 7) is 4.48. The van der Waals surface area contributed by atoms with Crippen LogP contribution in [0, 0.1) is 5.92 Å². The number of hydrogen-bond acceptors (Lipinski definition) is 1. The van der Waals surface area contributed by atoms with E-state index < -0.39 is 0 Å². The first-order valence-corrected chi connectivity index (χ1v) is 4.41. The van der Waals surface area contributed by atoms with Gasteiger partial charge in [-0.1, -0.05) is 44.2 Å². The number of benzene rings is 1. The van der Waals surface area contributed by atoms with Crippen LogP contribution in [0.3, 0.4) is 0 Å². The molecule has 1 N–H and O–H groups in total. The van der Waals surface area contributed by atoms with Gasteiger partial charge in [0.25, 0.3) is 0 Å². The molecule has 0 fully saturated rings. The second kappa shape index (κ2) is 4.27. The van der Waals surface area contributed by atoms with Gasteiger partial charge in [-0.3, -0.25) is 0 Å². The Morgan fingerprint density at radius 2 is 1.75 bits per heavy atom. The van der Waals surface area contributed by atoms with Crippen LogP contribution in [0.2, 0.25) is 0 Å². The van der Waals surface area contributed by atoms with Crippen LogP contribution >= 0.6 is 0 Å². The first-order valence-electron chi connectivity index (χ1n) is 4.41. The molecule has 2 atom stereocenters. The normalized spacial score (nSPS) is 15.6. The summed E-state index contributed by atoms with van der Waals surface area (Å²) in [4.78, 5) is 0. The fourth-order valence-electron chi connectivity index (χ4n) is 1.24. The molecule has 0 aliphatic carbocycles. The van der Waals surface area contributed by atoms with Crippen LogP contribution in [0.5, 0.6) is 0 Å². The van der Waals surface area contributed by atoms with Crippen molar-refractivity contribution in [2.24, 2.45) is 5.92 Å². The van der Waals surface area contributed by atoms with Gasteiger partial charge in [0.05, 0.1) is 0 Å². The molecule has 0 spiro atoms. The molecule has 1 aromatic rings. The van der Waals surface area contributed by atoms with Crippen molar-refractivity contribution in [3.05, 3.63) is 35.9 Å². The fourth-order valence-corrected chi connectivity index (χ4v) is 1.24. The van der Waals surface area contributed by atoms with Crippen molar-refractivity contribution in [3.63, 3.8) is 0 Å². The van der Waals surface area contributed by atoms with Gasteiger partial charge in [-0.15, -0.1) is 0 Å². The molecule has 1 heteroatoms. The molecule has 1 aromatic carbocycles. The van der Waals surface area contributed by atoms with Gasteiger partial charge in [0, 0.05) is 6.61 Å². The molecule has 0 amide bonds. The average Bonchev–Trinajstić information content (AvgIpc) is 2.17. The number of aliphatic hydroxyl groups excluding tert-OH is 1. The highest BCUT2D eigenvalue weighted by Gasteiger charge is 2.11. The topological polar surface area (TPSA) is 20.2 Å². The van der Waals surface area contributed by atoms with Crippen LogP contribution in [0.1, 0.15) is 25.3 Å².